The van der Waals surface area contributed by atoms with Gasteiger partial charge in [0.2, 0.25) is 17.7 Å². The molecule has 1 unspecified atom stereocenters. The van der Waals surface area contributed by atoms with E-state index in [1.54, 1.807) is 21.7 Å². The molecular formula is C26H39N3O5. The van der Waals surface area contributed by atoms with E-state index in [1.165, 1.54) is 0 Å². The molecule has 0 aromatic carbocycles. The van der Waals surface area contributed by atoms with Crippen LogP contribution in [0.1, 0.15) is 53.4 Å². The number of unbranched alkanes of at least 4 members (excludes halogenated alkanes) is 2. The van der Waals surface area contributed by atoms with Gasteiger partial charge in [0, 0.05) is 38.8 Å². The first-order valence-corrected chi connectivity index (χ1v) is 12.6. The van der Waals surface area contributed by atoms with Crippen molar-refractivity contribution in [1.82, 2.24) is 14.7 Å². The Kier molecular flexibility index (Phi) is 6.44. The smallest absolute Gasteiger partial charge is 0.249 e. The Hall–Kier alpha value is -2.19. The highest BCUT2D eigenvalue weighted by Crippen LogP contribution is 2.58. The Balaban J connectivity index is 1.84. The number of nitrogens with zero attached hydrogens (tertiary/aromatic N) is 3. The quantitative estimate of drug-likeness (QED) is 0.469. The number of likely N-dealkylation sites (N-methyl/N-ethyl adjacent to an activating group) is 1. The van der Waals surface area contributed by atoms with E-state index in [2.05, 4.69) is 0 Å². The summed E-state index contributed by atoms with van der Waals surface area (Å²) >= 11 is 0. The van der Waals surface area contributed by atoms with Crippen molar-refractivity contribution in [3.05, 3.63) is 24.3 Å². The maximum atomic E-state index is 14.1. The molecule has 8 heteroatoms. The van der Waals surface area contributed by atoms with Crippen LogP contribution in [0.4, 0.5) is 0 Å². The second kappa shape index (κ2) is 8.79. The molecule has 188 valence electrons. The highest BCUT2D eigenvalue weighted by molar-refractivity contribution is 6.00. The number of amides is 3. The van der Waals surface area contributed by atoms with E-state index in [1.807, 2.05) is 52.0 Å². The average molecular weight is 474 g/mol. The minimum Gasteiger partial charge on any atom is -0.396 e. The lowest BCUT2D eigenvalue weighted by atomic mass is 9.73. The molecule has 1 N–H and O–H groups in total. The standard InChI is InChI=1S/C26H39N3O5/c1-6-25-12-10-14-27(5)21(31)18(25)19-22(32)28(15-8-7-9-17-30)20-23(33)29(24(2,3)4)16-11-13-26(19,20)34-25/h10-13,18-20,30H,6-9,14-17H2,1-5H3/t18-,19-,20?,25+,26-/m0/s1. The van der Waals surface area contributed by atoms with Gasteiger partial charge in [0.1, 0.15) is 11.6 Å². The Labute approximate surface area is 202 Å². The lowest BCUT2D eigenvalue weighted by Gasteiger charge is -2.41. The van der Waals surface area contributed by atoms with Crippen LogP contribution in [0.25, 0.3) is 0 Å². The summed E-state index contributed by atoms with van der Waals surface area (Å²) in [6, 6.07) is -0.820. The van der Waals surface area contributed by atoms with Crippen LogP contribution >= 0.6 is 0 Å². The summed E-state index contributed by atoms with van der Waals surface area (Å²) in [6.45, 7) is 9.34. The molecule has 0 aromatic rings. The number of ether oxygens (including phenoxy) is 1. The molecule has 1 spiro atoms. The van der Waals surface area contributed by atoms with E-state index >= 15 is 0 Å². The molecule has 0 aromatic heterocycles. The molecule has 34 heavy (non-hydrogen) atoms. The maximum absolute atomic E-state index is 14.1. The molecule has 3 amide bonds. The first-order valence-electron chi connectivity index (χ1n) is 12.6. The van der Waals surface area contributed by atoms with Gasteiger partial charge in [-0.05, 0) is 46.5 Å². The zero-order chi connectivity index (χ0) is 24.9. The Morgan fingerprint density at radius 3 is 2.35 bits per heavy atom. The van der Waals surface area contributed by atoms with Crippen LogP contribution in [0, 0.1) is 11.8 Å². The van der Waals surface area contributed by atoms with E-state index in [0.717, 1.165) is 6.42 Å². The number of fused-ring (bicyclic) bond motifs is 2. The number of carbonyl (C=O) groups excluding carboxylic acids is 3. The molecule has 0 radical (unpaired) electrons. The fourth-order valence-electron chi connectivity index (χ4n) is 6.30. The number of carbonyl (C=O) groups is 3. The summed E-state index contributed by atoms with van der Waals surface area (Å²) in [5.41, 5.74) is -2.55. The monoisotopic (exact) mass is 473 g/mol. The molecular weight excluding hydrogens is 434 g/mol. The molecule has 8 nitrogen and oxygen atoms in total. The number of hydrogen-bond acceptors (Lipinski definition) is 5. The fraction of sp³-hybridized carbons (Fsp3) is 0.731. The molecule has 0 saturated carbocycles. The van der Waals surface area contributed by atoms with E-state index in [-0.39, 0.29) is 24.3 Å². The first-order chi connectivity index (χ1) is 16.0. The van der Waals surface area contributed by atoms with Crippen LogP contribution in [0.15, 0.2) is 24.3 Å². The van der Waals surface area contributed by atoms with Crippen LogP contribution in [0.2, 0.25) is 0 Å². The molecule has 4 aliphatic rings. The van der Waals surface area contributed by atoms with Crippen LogP contribution in [0.5, 0.6) is 0 Å². The van der Waals surface area contributed by atoms with E-state index in [9.17, 15) is 19.5 Å². The van der Waals surface area contributed by atoms with Crippen molar-refractivity contribution < 1.29 is 24.2 Å². The second-order valence-corrected chi connectivity index (χ2v) is 11.1. The van der Waals surface area contributed by atoms with Crippen LogP contribution in [0.3, 0.4) is 0 Å². The summed E-state index contributed by atoms with van der Waals surface area (Å²) in [4.78, 5) is 47.0. The van der Waals surface area contributed by atoms with Gasteiger partial charge in [-0.25, -0.2) is 0 Å². The van der Waals surface area contributed by atoms with Gasteiger partial charge in [-0.2, -0.15) is 0 Å². The maximum Gasteiger partial charge on any atom is 0.249 e. The summed E-state index contributed by atoms with van der Waals surface area (Å²) < 4.78 is 6.88. The number of likely N-dealkylation sites (tertiary alicyclic amines) is 1. The van der Waals surface area contributed by atoms with E-state index in [0.29, 0.717) is 38.9 Å². The van der Waals surface area contributed by atoms with Gasteiger partial charge in [-0.15, -0.1) is 0 Å². The third-order valence-corrected chi connectivity index (χ3v) is 8.01. The van der Waals surface area contributed by atoms with Crippen molar-refractivity contribution in [2.24, 2.45) is 11.8 Å². The van der Waals surface area contributed by atoms with E-state index in [4.69, 9.17) is 4.74 Å². The number of hydrogen-bond donors (Lipinski definition) is 1. The molecule has 2 saturated heterocycles. The highest BCUT2D eigenvalue weighted by atomic mass is 16.5. The van der Waals surface area contributed by atoms with Gasteiger partial charge in [-0.1, -0.05) is 31.2 Å². The van der Waals surface area contributed by atoms with Crippen molar-refractivity contribution in [3.8, 4) is 0 Å². The highest BCUT2D eigenvalue weighted by Gasteiger charge is 2.75. The third-order valence-electron chi connectivity index (χ3n) is 8.01. The lowest BCUT2D eigenvalue weighted by Crippen LogP contribution is -2.59. The first kappa shape index (κ1) is 24.9. The lowest BCUT2D eigenvalue weighted by molar-refractivity contribution is -0.156. The van der Waals surface area contributed by atoms with Gasteiger partial charge in [0.05, 0.1) is 17.4 Å². The predicted molar refractivity (Wildman–Crippen MR) is 128 cm³/mol. The Morgan fingerprint density at radius 1 is 1.00 bits per heavy atom. The topological polar surface area (TPSA) is 90.4 Å². The van der Waals surface area contributed by atoms with Crippen LogP contribution in [-0.2, 0) is 19.1 Å². The van der Waals surface area contributed by atoms with Crippen molar-refractivity contribution in [1.29, 1.82) is 0 Å². The molecule has 2 fully saturated rings. The zero-order valence-corrected chi connectivity index (χ0v) is 21.1. The average Bonchev–Trinajstić information content (AvgIpc) is 3.06. The zero-order valence-electron chi connectivity index (χ0n) is 21.1. The van der Waals surface area contributed by atoms with Crippen molar-refractivity contribution in [2.45, 2.75) is 76.2 Å². The molecule has 4 aliphatic heterocycles. The van der Waals surface area contributed by atoms with Crippen LogP contribution < -0.4 is 0 Å². The molecule has 4 rings (SSSR count). The number of aliphatic hydroxyl groups is 1. The van der Waals surface area contributed by atoms with Gasteiger partial charge in [0.15, 0.2) is 0 Å². The van der Waals surface area contributed by atoms with Crippen molar-refractivity contribution in [2.75, 3.05) is 33.3 Å². The summed E-state index contributed by atoms with van der Waals surface area (Å²) in [5, 5.41) is 9.18. The Morgan fingerprint density at radius 2 is 1.71 bits per heavy atom. The minimum absolute atomic E-state index is 0.0980. The van der Waals surface area contributed by atoms with Crippen molar-refractivity contribution in [3.63, 3.8) is 0 Å². The third kappa shape index (κ3) is 3.61. The fourth-order valence-corrected chi connectivity index (χ4v) is 6.30. The minimum atomic E-state index is -1.19. The summed E-state index contributed by atoms with van der Waals surface area (Å²) in [7, 11) is 1.75. The predicted octanol–water partition coefficient (Wildman–Crippen LogP) is 1.74. The molecule has 0 bridgehead atoms. The van der Waals surface area contributed by atoms with Gasteiger partial charge < -0.3 is 24.5 Å². The van der Waals surface area contributed by atoms with E-state index < -0.39 is 34.6 Å². The SMILES string of the molecule is CC[C@@]12C=CCN(C)C(=O)[C@@H]1[C@H]1C(=O)N(CCCCCO)C3C(=O)N(C(C)(C)C)CC=C[C@@]31O2. The van der Waals surface area contributed by atoms with Gasteiger partial charge in [0.25, 0.3) is 0 Å². The number of aliphatic hydroxyl groups excluding tert-OH is 1. The summed E-state index contributed by atoms with van der Waals surface area (Å²) in [5.74, 6) is -1.87. The summed E-state index contributed by atoms with van der Waals surface area (Å²) in [6.07, 6.45) is 10.3. The largest absolute Gasteiger partial charge is 0.396 e. The van der Waals surface area contributed by atoms with Gasteiger partial charge in [-0.3, -0.25) is 14.4 Å². The van der Waals surface area contributed by atoms with Crippen molar-refractivity contribution >= 4 is 17.7 Å². The second-order valence-electron chi connectivity index (χ2n) is 11.1. The van der Waals surface area contributed by atoms with Gasteiger partial charge >= 0.3 is 0 Å². The molecule has 0 aliphatic carbocycles. The molecule has 5 atom stereocenters. The normalized spacial score (nSPS) is 35.4. The molecule has 4 heterocycles. The Bertz CT molecular complexity index is 909. The number of rotatable bonds is 6. The van der Waals surface area contributed by atoms with Crippen LogP contribution in [-0.4, -0.2) is 93.6 Å².